The number of nitrogens with zero attached hydrogens (tertiary/aromatic N) is 3. The average molecular weight is 513 g/mol. The van der Waals surface area contributed by atoms with E-state index in [0.29, 0.717) is 11.3 Å². The molecule has 2 N–H and O–H groups in total. The molecule has 0 spiro atoms. The van der Waals surface area contributed by atoms with E-state index in [0.717, 1.165) is 4.90 Å². The summed E-state index contributed by atoms with van der Waals surface area (Å²) in [6.45, 7) is 4.66. The van der Waals surface area contributed by atoms with E-state index in [1.54, 1.807) is 26.2 Å². The number of hydrogen-bond donors (Lipinski definition) is 2. The van der Waals surface area contributed by atoms with Gasteiger partial charge in [-0.25, -0.2) is 14.6 Å². The van der Waals surface area contributed by atoms with Gasteiger partial charge in [-0.2, -0.15) is 0 Å². The van der Waals surface area contributed by atoms with E-state index in [9.17, 15) is 24.3 Å². The number of aromatic nitrogens is 1. The standard InChI is InChI=1S/C20H24N4O8S2/c1-20(2,3)32-12(25)6-31-23-13(11-8-33-9-21-11)16(26)22-14-17(27)24-15(19(28)29)10(5-30-4)7-34-18(14)24/h8-9,14,18H,5-7H2,1-4H3,(H,22,26)(H,28,29)/b23-13-/t14?,18-/m1/s1. The Morgan fingerprint density at radius 3 is 2.68 bits per heavy atom. The van der Waals surface area contributed by atoms with Gasteiger partial charge < -0.3 is 24.7 Å². The number of nitrogens with one attached hydrogen (secondary N) is 1. The number of aliphatic carboxylic acids is 1. The maximum absolute atomic E-state index is 12.9. The fraction of sp³-hybridized carbons (Fsp3) is 0.500. The molecular formula is C20H24N4O8S2. The van der Waals surface area contributed by atoms with Gasteiger partial charge in [-0.3, -0.25) is 14.5 Å². The Labute approximate surface area is 203 Å². The van der Waals surface area contributed by atoms with Crippen LogP contribution in [0.3, 0.4) is 0 Å². The number of carbonyl (C=O) groups is 4. The first kappa shape index (κ1) is 25.6. The summed E-state index contributed by atoms with van der Waals surface area (Å²) in [5.41, 5.74) is 1.09. The lowest BCUT2D eigenvalue weighted by Gasteiger charge is -2.49. The Balaban J connectivity index is 1.72. The molecule has 0 aliphatic carbocycles. The summed E-state index contributed by atoms with van der Waals surface area (Å²) in [5, 5.41) is 16.9. The summed E-state index contributed by atoms with van der Waals surface area (Å²) in [5.74, 6) is -2.89. The first-order chi connectivity index (χ1) is 16.0. The topological polar surface area (TPSA) is 157 Å². The number of carboxylic acid groups (broad SMARTS) is 1. The zero-order chi connectivity index (χ0) is 25.0. The second-order valence-corrected chi connectivity index (χ2v) is 10.0. The summed E-state index contributed by atoms with van der Waals surface area (Å²) in [7, 11) is 1.44. The van der Waals surface area contributed by atoms with Gasteiger partial charge in [-0.1, -0.05) is 5.16 Å². The molecule has 3 rings (SSSR count). The number of methoxy groups -OCH3 is 1. The molecule has 184 valence electrons. The number of esters is 1. The SMILES string of the molecule is COCC1=C(C(=O)O)N2C(=O)C(NC(=O)/C(=N\OCC(=O)OC(C)(C)C)c3cscn3)[C@H]2SC1. The second-order valence-electron chi connectivity index (χ2n) is 8.22. The van der Waals surface area contributed by atoms with Crippen molar-refractivity contribution in [2.24, 2.45) is 5.16 Å². The number of β-lactam (4-membered cyclic amide) rings is 1. The molecule has 3 heterocycles. The number of fused-ring (bicyclic) bond motifs is 1. The lowest BCUT2D eigenvalue weighted by atomic mass is 10.0. The highest BCUT2D eigenvalue weighted by Crippen LogP contribution is 2.40. The number of ether oxygens (including phenoxy) is 2. The number of amides is 2. The Kier molecular flexibility index (Phi) is 7.94. The van der Waals surface area contributed by atoms with Crippen molar-refractivity contribution in [2.75, 3.05) is 26.1 Å². The molecule has 2 amide bonds. The highest BCUT2D eigenvalue weighted by atomic mass is 32.2. The fourth-order valence-corrected chi connectivity index (χ4v) is 5.10. The molecule has 0 saturated carbocycles. The van der Waals surface area contributed by atoms with Crippen molar-refractivity contribution in [3.05, 3.63) is 27.9 Å². The van der Waals surface area contributed by atoms with Gasteiger partial charge in [0.1, 0.15) is 28.4 Å². The van der Waals surface area contributed by atoms with Gasteiger partial charge in [0.25, 0.3) is 11.8 Å². The van der Waals surface area contributed by atoms with Gasteiger partial charge in [-0.05, 0) is 26.3 Å². The van der Waals surface area contributed by atoms with Crippen molar-refractivity contribution in [2.45, 2.75) is 37.8 Å². The summed E-state index contributed by atoms with van der Waals surface area (Å²) in [4.78, 5) is 59.5. The van der Waals surface area contributed by atoms with Crippen molar-refractivity contribution >= 4 is 52.6 Å². The number of oxime groups is 1. The molecule has 1 aromatic heterocycles. The van der Waals surface area contributed by atoms with Crippen LogP contribution in [0.25, 0.3) is 0 Å². The van der Waals surface area contributed by atoms with Crippen LogP contribution in [-0.2, 0) is 33.5 Å². The Morgan fingerprint density at radius 2 is 2.09 bits per heavy atom. The number of thiazole rings is 1. The van der Waals surface area contributed by atoms with Crippen molar-refractivity contribution in [1.82, 2.24) is 15.2 Å². The molecule has 12 nitrogen and oxygen atoms in total. The second kappa shape index (κ2) is 10.5. The Morgan fingerprint density at radius 1 is 1.35 bits per heavy atom. The van der Waals surface area contributed by atoms with Crippen LogP contribution >= 0.6 is 23.1 Å². The lowest BCUT2D eigenvalue weighted by Crippen LogP contribution is -2.71. The predicted octanol–water partition coefficient (Wildman–Crippen LogP) is 0.591. The van der Waals surface area contributed by atoms with E-state index in [2.05, 4.69) is 15.5 Å². The minimum atomic E-state index is -1.24. The van der Waals surface area contributed by atoms with Crippen LogP contribution in [0.5, 0.6) is 0 Å². The number of rotatable bonds is 9. The third-order valence-corrected chi connectivity index (χ3v) is 6.43. The lowest BCUT2D eigenvalue weighted by molar-refractivity contribution is -0.160. The van der Waals surface area contributed by atoms with E-state index in [1.807, 2.05) is 0 Å². The first-order valence-corrected chi connectivity index (χ1v) is 12.0. The molecule has 1 saturated heterocycles. The Bertz CT molecular complexity index is 1030. The maximum Gasteiger partial charge on any atom is 0.352 e. The van der Waals surface area contributed by atoms with Crippen LogP contribution in [-0.4, -0.2) is 87.5 Å². The van der Waals surface area contributed by atoms with Crippen molar-refractivity contribution < 1.29 is 38.6 Å². The minimum absolute atomic E-state index is 0.0811. The molecule has 2 aliphatic rings. The first-order valence-electron chi connectivity index (χ1n) is 10.0. The summed E-state index contributed by atoms with van der Waals surface area (Å²) in [6, 6.07) is -0.967. The van der Waals surface area contributed by atoms with Crippen LogP contribution in [0, 0.1) is 0 Å². The zero-order valence-corrected chi connectivity index (χ0v) is 20.5. The largest absolute Gasteiger partial charge is 0.477 e. The predicted molar refractivity (Wildman–Crippen MR) is 122 cm³/mol. The summed E-state index contributed by atoms with van der Waals surface area (Å²) >= 11 is 2.53. The summed E-state index contributed by atoms with van der Waals surface area (Å²) < 4.78 is 10.2. The molecule has 14 heteroatoms. The van der Waals surface area contributed by atoms with Crippen LogP contribution < -0.4 is 5.32 Å². The molecule has 34 heavy (non-hydrogen) atoms. The quantitative estimate of drug-likeness (QED) is 0.208. The zero-order valence-electron chi connectivity index (χ0n) is 18.9. The normalized spacial score (nSPS) is 20.4. The van der Waals surface area contributed by atoms with E-state index in [-0.39, 0.29) is 23.7 Å². The molecule has 0 radical (unpaired) electrons. The fourth-order valence-electron chi connectivity index (χ4n) is 3.23. The molecular weight excluding hydrogens is 488 g/mol. The molecule has 1 unspecified atom stereocenters. The van der Waals surface area contributed by atoms with E-state index >= 15 is 0 Å². The molecule has 1 aromatic rings. The van der Waals surface area contributed by atoms with Crippen LogP contribution in [0.15, 0.2) is 27.3 Å². The van der Waals surface area contributed by atoms with Gasteiger partial charge in [0.2, 0.25) is 6.61 Å². The number of carboxylic acids is 1. The third kappa shape index (κ3) is 5.74. The minimum Gasteiger partial charge on any atom is -0.477 e. The van der Waals surface area contributed by atoms with Gasteiger partial charge in [0.05, 0.1) is 12.1 Å². The van der Waals surface area contributed by atoms with E-state index < -0.39 is 47.4 Å². The highest BCUT2D eigenvalue weighted by molar-refractivity contribution is 8.00. The van der Waals surface area contributed by atoms with Crippen molar-refractivity contribution in [1.29, 1.82) is 0 Å². The highest BCUT2D eigenvalue weighted by Gasteiger charge is 2.54. The third-order valence-electron chi connectivity index (χ3n) is 4.50. The maximum atomic E-state index is 12.9. The van der Waals surface area contributed by atoms with Crippen molar-refractivity contribution in [3.8, 4) is 0 Å². The van der Waals surface area contributed by atoms with Crippen LogP contribution in [0.4, 0.5) is 0 Å². The van der Waals surface area contributed by atoms with Gasteiger partial charge in [-0.15, -0.1) is 23.1 Å². The smallest absolute Gasteiger partial charge is 0.352 e. The molecule has 2 aliphatic heterocycles. The van der Waals surface area contributed by atoms with Gasteiger partial charge >= 0.3 is 11.9 Å². The summed E-state index contributed by atoms with van der Waals surface area (Å²) in [6.07, 6.45) is 0. The molecule has 2 atom stereocenters. The van der Waals surface area contributed by atoms with Crippen LogP contribution in [0.2, 0.25) is 0 Å². The van der Waals surface area contributed by atoms with E-state index in [1.165, 1.54) is 35.7 Å². The molecule has 1 fully saturated rings. The van der Waals surface area contributed by atoms with E-state index in [4.69, 9.17) is 14.3 Å². The number of carbonyl (C=O) groups excluding carboxylic acids is 3. The monoisotopic (exact) mass is 512 g/mol. The Hall–Kier alpha value is -2.97. The van der Waals surface area contributed by atoms with Crippen molar-refractivity contribution in [3.63, 3.8) is 0 Å². The number of thioether (sulfide) groups is 1. The molecule has 0 aromatic carbocycles. The average Bonchev–Trinajstić information content (AvgIpc) is 3.27. The number of hydrogen-bond acceptors (Lipinski definition) is 11. The van der Waals surface area contributed by atoms with Crippen LogP contribution in [0.1, 0.15) is 26.5 Å². The molecule has 0 bridgehead atoms. The van der Waals surface area contributed by atoms with Gasteiger partial charge in [0, 0.05) is 18.2 Å². The van der Waals surface area contributed by atoms with Gasteiger partial charge in [0.15, 0.2) is 5.71 Å².